The number of benzene rings is 1. The van der Waals surface area contributed by atoms with Crippen LogP contribution in [0.2, 0.25) is 5.02 Å². The smallest absolute Gasteiger partial charge is 0.151 e. The third kappa shape index (κ3) is 3.20. The fourth-order valence-corrected chi connectivity index (χ4v) is 4.72. The summed E-state index contributed by atoms with van der Waals surface area (Å²) < 4.78 is 2.25. The van der Waals surface area contributed by atoms with Crippen molar-refractivity contribution in [2.75, 3.05) is 0 Å². The quantitative estimate of drug-likeness (QED) is 0.709. The van der Waals surface area contributed by atoms with E-state index in [0.29, 0.717) is 18.4 Å². The van der Waals surface area contributed by atoms with Crippen molar-refractivity contribution < 1.29 is 0 Å². The zero-order valence-corrected chi connectivity index (χ0v) is 16.7. The van der Waals surface area contributed by atoms with E-state index in [1.54, 1.807) is 0 Å². The molecule has 2 aliphatic rings. The summed E-state index contributed by atoms with van der Waals surface area (Å²) in [6, 6.07) is 6.08. The van der Waals surface area contributed by atoms with Crippen molar-refractivity contribution in [3.63, 3.8) is 0 Å². The molecule has 7 heteroatoms. The van der Waals surface area contributed by atoms with Gasteiger partial charge in [0, 0.05) is 35.8 Å². The van der Waals surface area contributed by atoms with Crippen LogP contribution in [0, 0.1) is 6.92 Å². The van der Waals surface area contributed by atoms with E-state index in [4.69, 9.17) is 11.6 Å². The summed E-state index contributed by atoms with van der Waals surface area (Å²) in [4.78, 5) is 9.01. The summed E-state index contributed by atoms with van der Waals surface area (Å²) in [7, 11) is 0. The van der Waals surface area contributed by atoms with E-state index in [9.17, 15) is 0 Å². The molecule has 1 aromatic carbocycles. The summed E-state index contributed by atoms with van der Waals surface area (Å²) >= 11 is 6.23. The lowest BCUT2D eigenvalue weighted by molar-refractivity contribution is 0.376. The van der Waals surface area contributed by atoms with Crippen LogP contribution < -0.4 is 5.32 Å². The lowest BCUT2D eigenvalue weighted by atomic mass is 9.80. The van der Waals surface area contributed by atoms with Gasteiger partial charge in [0.25, 0.3) is 0 Å². The zero-order chi connectivity index (χ0) is 19.1. The Labute approximate surface area is 169 Å². The molecule has 0 bridgehead atoms. The molecule has 3 aromatic rings. The summed E-state index contributed by atoms with van der Waals surface area (Å²) in [6.45, 7) is 3.51. The second-order valence-corrected chi connectivity index (χ2v) is 8.26. The first kappa shape index (κ1) is 17.8. The predicted octanol–water partition coefficient (Wildman–Crippen LogP) is 4.06. The largest absolute Gasteiger partial charge is 0.306 e. The van der Waals surface area contributed by atoms with Gasteiger partial charge in [-0.1, -0.05) is 11.6 Å². The van der Waals surface area contributed by atoms with Crippen molar-refractivity contribution >= 4 is 11.6 Å². The van der Waals surface area contributed by atoms with E-state index in [0.717, 1.165) is 66.0 Å². The van der Waals surface area contributed by atoms with Gasteiger partial charge in [-0.15, -0.1) is 10.2 Å². The van der Waals surface area contributed by atoms with Gasteiger partial charge in [0.05, 0.1) is 23.6 Å². The van der Waals surface area contributed by atoms with Crippen LogP contribution >= 0.6 is 11.6 Å². The maximum absolute atomic E-state index is 6.23. The number of aryl methyl sites for hydroxylation is 1. The summed E-state index contributed by atoms with van der Waals surface area (Å²) in [6.07, 6.45) is 8.14. The highest BCUT2D eigenvalue weighted by Gasteiger charge is 2.30. The number of aromatic nitrogens is 5. The Morgan fingerprint density at radius 1 is 1.04 bits per heavy atom. The Bertz CT molecular complexity index is 1010. The number of rotatable bonds is 2. The highest BCUT2D eigenvalue weighted by molar-refractivity contribution is 6.30. The molecule has 6 nitrogen and oxygen atoms in total. The molecule has 0 spiro atoms. The molecule has 1 aliphatic carbocycles. The van der Waals surface area contributed by atoms with Gasteiger partial charge in [-0.05, 0) is 56.4 Å². The number of nitrogens with zero attached hydrogens (tertiary/aromatic N) is 5. The molecule has 0 amide bonds. The molecule has 1 N–H and O–H groups in total. The minimum absolute atomic E-state index is 0.414. The van der Waals surface area contributed by atoms with Crippen molar-refractivity contribution in [3.05, 3.63) is 64.2 Å². The topological polar surface area (TPSA) is 68.5 Å². The standard InChI is InChI=1S/C21H23ClN6/c1-13-9-23-11-18(25-13)14-2-4-15(5-3-14)21-27-26-20-12-24-10-16-8-17(22)6-7-19(16)28(20)21/h6-9,11,14-15,24H,2-5,10,12H2,1H3/t14-,15-. The molecule has 1 saturated carbocycles. The average Bonchev–Trinajstić information content (AvgIpc) is 3.04. The number of nitrogens with one attached hydrogen (secondary N) is 1. The molecule has 2 aromatic heterocycles. The van der Waals surface area contributed by atoms with E-state index in [2.05, 4.69) is 36.1 Å². The van der Waals surface area contributed by atoms with Crippen molar-refractivity contribution in [3.8, 4) is 5.69 Å². The van der Waals surface area contributed by atoms with Crippen molar-refractivity contribution in [1.82, 2.24) is 30.0 Å². The molecule has 3 heterocycles. The van der Waals surface area contributed by atoms with E-state index in [-0.39, 0.29) is 0 Å². The monoisotopic (exact) mass is 394 g/mol. The zero-order valence-electron chi connectivity index (χ0n) is 15.9. The van der Waals surface area contributed by atoms with Crippen molar-refractivity contribution in [2.24, 2.45) is 0 Å². The molecular formula is C21H23ClN6. The number of halogens is 1. The van der Waals surface area contributed by atoms with E-state index >= 15 is 0 Å². The van der Waals surface area contributed by atoms with Crippen LogP contribution in [0.1, 0.15) is 66.1 Å². The SMILES string of the molecule is Cc1cncc([C@H]2CC[C@H](c3nnc4n3-c3ccc(Cl)cc3CNC4)CC2)n1. The third-order valence-electron chi connectivity index (χ3n) is 5.92. The fourth-order valence-electron chi connectivity index (χ4n) is 4.52. The van der Waals surface area contributed by atoms with E-state index < -0.39 is 0 Å². The second-order valence-electron chi connectivity index (χ2n) is 7.82. The van der Waals surface area contributed by atoms with Gasteiger partial charge in [-0.2, -0.15) is 0 Å². The van der Waals surface area contributed by atoms with Gasteiger partial charge in [0.2, 0.25) is 0 Å². The van der Waals surface area contributed by atoms with Crippen LogP contribution in [-0.4, -0.2) is 24.7 Å². The summed E-state index contributed by atoms with van der Waals surface area (Å²) in [5, 5.41) is 13.3. The van der Waals surface area contributed by atoms with E-state index in [1.165, 1.54) is 5.56 Å². The van der Waals surface area contributed by atoms with Crippen LogP contribution in [0.5, 0.6) is 0 Å². The Hall–Kier alpha value is -2.31. The van der Waals surface area contributed by atoms with Crippen LogP contribution in [-0.2, 0) is 13.1 Å². The van der Waals surface area contributed by atoms with Gasteiger partial charge in [-0.25, -0.2) is 0 Å². The molecule has 0 saturated heterocycles. The maximum atomic E-state index is 6.23. The minimum atomic E-state index is 0.414. The maximum Gasteiger partial charge on any atom is 0.151 e. The molecule has 5 rings (SSSR count). The van der Waals surface area contributed by atoms with Crippen molar-refractivity contribution in [1.29, 1.82) is 0 Å². The summed E-state index contributed by atoms with van der Waals surface area (Å²) in [5.41, 5.74) is 4.46. The number of hydrogen-bond donors (Lipinski definition) is 1. The Morgan fingerprint density at radius 3 is 2.68 bits per heavy atom. The molecule has 0 radical (unpaired) electrons. The fraction of sp³-hybridized carbons (Fsp3) is 0.429. The molecule has 0 atom stereocenters. The van der Waals surface area contributed by atoms with Crippen LogP contribution in [0.25, 0.3) is 5.69 Å². The van der Waals surface area contributed by atoms with Crippen LogP contribution in [0.3, 0.4) is 0 Å². The van der Waals surface area contributed by atoms with Crippen molar-refractivity contribution in [2.45, 2.75) is 57.5 Å². The molecular weight excluding hydrogens is 372 g/mol. The van der Waals surface area contributed by atoms with Gasteiger partial charge >= 0.3 is 0 Å². The molecule has 144 valence electrons. The Morgan fingerprint density at radius 2 is 1.86 bits per heavy atom. The lowest BCUT2D eigenvalue weighted by Gasteiger charge is -2.28. The molecule has 28 heavy (non-hydrogen) atoms. The van der Waals surface area contributed by atoms with Gasteiger partial charge in [0.15, 0.2) is 5.82 Å². The summed E-state index contributed by atoms with van der Waals surface area (Å²) in [5.74, 6) is 2.96. The molecule has 1 fully saturated rings. The molecule has 1 aliphatic heterocycles. The van der Waals surface area contributed by atoms with Gasteiger partial charge in [-0.3, -0.25) is 14.5 Å². The molecule has 0 unspecified atom stereocenters. The second kappa shape index (κ2) is 7.26. The van der Waals surface area contributed by atoms with E-state index in [1.807, 2.05) is 31.5 Å². The highest BCUT2D eigenvalue weighted by atomic mass is 35.5. The highest BCUT2D eigenvalue weighted by Crippen LogP contribution is 2.40. The normalized spacial score (nSPS) is 21.6. The van der Waals surface area contributed by atoms with Gasteiger partial charge in [0.1, 0.15) is 5.82 Å². The average molecular weight is 395 g/mol. The Kier molecular flexibility index (Phi) is 4.61. The predicted molar refractivity (Wildman–Crippen MR) is 108 cm³/mol. The third-order valence-corrected chi connectivity index (χ3v) is 6.16. The Balaban J connectivity index is 1.42. The first-order chi connectivity index (χ1) is 13.7. The lowest BCUT2D eigenvalue weighted by Crippen LogP contribution is -2.17. The van der Waals surface area contributed by atoms with Crippen LogP contribution in [0.4, 0.5) is 0 Å². The number of fused-ring (bicyclic) bond motifs is 3. The minimum Gasteiger partial charge on any atom is -0.306 e. The van der Waals surface area contributed by atoms with Gasteiger partial charge < -0.3 is 5.32 Å². The van der Waals surface area contributed by atoms with Crippen LogP contribution in [0.15, 0.2) is 30.6 Å². The first-order valence-corrected chi connectivity index (χ1v) is 10.3. The number of hydrogen-bond acceptors (Lipinski definition) is 5. The first-order valence-electron chi connectivity index (χ1n) is 9.91.